The van der Waals surface area contributed by atoms with E-state index in [1.54, 1.807) is 33.3 Å². The molecule has 20 heavy (non-hydrogen) atoms. The minimum Gasteiger partial charge on any atom is -0.451 e. The molecular formula is C14H19N3O3. The number of rotatable bonds is 5. The molecule has 0 fully saturated rings. The number of carbonyl (C=O) groups is 2. The highest BCUT2D eigenvalue weighted by Gasteiger charge is 2.40. The Morgan fingerprint density at radius 3 is 2.80 bits per heavy atom. The van der Waals surface area contributed by atoms with Crippen molar-refractivity contribution in [3.63, 3.8) is 0 Å². The van der Waals surface area contributed by atoms with Gasteiger partial charge >= 0.3 is 5.97 Å². The van der Waals surface area contributed by atoms with Gasteiger partial charge in [-0.3, -0.25) is 4.79 Å². The number of cyclic esters (lactones) is 1. The third-order valence-corrected chi connectivity index (χ3v) is 3.49. The summed E-state index contributed by atoms with van der Waals surface area (Å²) >= 11 is 0. The molecule has 0 saturated carbocycles. The number of aromatic nitrogens is 2. The summed E-state index contributed by atoms with van der Waals surface area (Å²) in [6.07, 6.45) is 6.08. The Bertz CT molecular complexity index is 544. The first-order valence-corrected chi connectivity index (χ1v) is 6.60. The van der Waals surface area contributed by atoms with Crippen LogP contribution in [0.3, 0.4) is 0 Å². The fraction of sp³-hybridized carbons (Fsp3) is 0.500. The standard InChI is InChI=1S/C14H19N3O3/c1-10-11(13(19)20-14(10,2)3)12(18)16-5-4-7-17-8-6-15-9-17/h6,8-9H,4-5,7H2,1-3H3,(H,16,18). The first-order chi connectivity index (χ1) is 9.42. The van der Waals surface area contributed by atoms with E-state index < -0.39 is 11.6 Å². The van der Waals surface area contributed by atoms with Gasteiger partial charge in [-0.25, -0.2) is 9.78 Å². The number of imidazole rings is 1. The molecule has 1 N–H and O–H groups in total. The monoisotopic (exact) mass is 277 g/mol. The number of nitrogens with zero attached hydrogens (tertiary/aromatic N) is 2. The predicted octanol–water partition coefficient (Wildman–Crippen LogP) is 1.04. The van der Waals surface area contributed by atoms with E-state index in [0.717, 1.165) is 13.0 Å². The topological polar surface area (TPSA) is 73.2 Å². The molecular weight excluding hydrogens is 258 g/mol. The first-order valence-electron chi connectivity index (χ1n) is 6.60. The summed E-state index contributed by atoms with van der Waals surface area (Å²) in [5.74, 6) is -0.900. The van der Waals surface area contributed by atoms with Gasteiger partial charge in [-0.05, 0) is 32.8 Å². The van der Waals surface area contributed by atoms with Crippen molar-refractivity contribution in [1.29, 1.82) is 0 Å². The summed E-state index contributed by atoms with van der Waals surface area (Å²) in [5.41, 5.74) is 0.118. The van der Waals surface area contributed by atoms with Gasteiger partial charge in [-0.2, -0.15) is 0 Å². The number of amides is 1. The molecule has 108 valence electrons. The van der Waals surface area contributed by atoms with Gasteiger partial charge in [0, 0.05) is 25.5 Å². The van der Waals surface area contributed by atoms with Gasteiger partial charge in [0.05, 0.1) is 6.33 Å². The lowest BCUT2D eigenvalue weighted by Crippen LogP contribution is -2.29. The van der Waals surface area contributed by atoms with Crippen molar-refractivity contribution in [2.24, 2.45) is 0 Å². The Morgan fingerprint density at radius 2 is 2.25 bits per heavy atom. The molecule has 0 spiro atoms. The summed E-state index contributed by atoms with van der Waals surface area (Å²) in [7, 11) is 0. The summed E-state index contributed by atoms with van der Waals surface area (Å²) < 4.78 is 7.11. The highest BCUT2D eigenvalue weighted by atomic mass is 16.6. The Balaban J connectivity index is 1.86. The summed E-state index contributed by atoms with van der Waals surface area (Å²) in [6.45, 7) is 6.58. The van der Waals surface area contributed by atoms with E-state index >= 15 is 0 Å². The average Bonchev–Trinajstić information content (AvgIpc) is 2.93. The number of ether oxygens (including phenoxy) is 1. The SMILES string of the molecule is CC1=C(C(=O)NCCCn2ccnc2)C(=O)OC1(C)C. The zero-order chi connectivity index (χ0) is 14.8. The van der Waals surface area contributed by atoms with E-state index in [0.29, 0.717) is 12.1 Å². The minimum atomic E-state index is -0.694. The van der Waals surface area contributed by atoms with Crippen LogP contribution in [0.15, 0.2) is 29.9 Å². The van der Waals surface area contributed by atoms with E-state index in [1.807, 2.05) is 10.8 Å². The third-order valence-electron chi connectivity index (χ3n) is 3.49. The minimum absolute atomic E-state index is 0.137. The Hall–Kier alpha value is -2.11. The van der Waals surface area contributed by atoms with Gasteiger partial charge in [0.1, 0.15) is 11.2 Å². The molecule has 0 atom stereocenters. The van der Waals surface area contributed by atoms with Crippen molar-refractivity contribution in [2.45, 2.75) is 39.3 Å². The molecule has 6 heteroatoms. The number of esters is 1. The summed E-state index contributed by atoms with van der Waals surface area (Å²) in [4.78, 5) is 27.7. The molecule has 0 radical (unpaired) electrons. The van der Waals surface area contributed by atoms with Crippen LogP contribution in [0.5, 0.6) is 0 Å². The van der Waals surface area contributed by atoms with Crippen molar-refractivity contribution in [1.82, 2.24) is 14.9 Å². The van der Waals surface area contributed by atoms with Gasteiger partial charge in [-0.15, -0.1) is 0 Å². The number of hydrogen-bond donors (Lipinski definition) is 1. The number of nitrogens with one attached hydrogen (secondary N) is 1. The van der Waals surface area contributed by atoms with Crippen LogP contribution in [-0.2, 0) is 20.9 Å². The zero-order valence-electron chi connectivity index (χ0n) is 12.0. The zero-order valence-corrected chi connectivity index (χ0v) is 12.0. The van der Waals surface area contributed by atoms with Crippen molar-refractivity contribution < 1.29 is 14.3 Å². The lowest BCUT2D eigenvalue weighted by atomic mass is 9.97. The molecule has 0 aliphatic carbocycles. The quantitative estimate of drug-likeness (QED) is 0.496. The van der Waals surface area contributed by atoms with Gasteiger partial charge in [-0.1, -0.05) is 0 Å². The van der Waals surface area contributed by atoms with Crippen LogP contribution in [-0.4, -0.2) is 33.6 Å². The lowest BCUT2D eigenvalue weighted by molar-refractivity contribution is -0.145. The van der Waals surface area contributed by atoms with E-state index in [2.05, 4.69) is 10.3 Å². The smallest absolute Gasteiger partial charge is 0.344 e. The molecule has 1 aliphatic rings. The summed E-state index contributed by atoms with van der Waals surface area (Å²) in [5, 5.41) is 2.75. The number of carbonyl (C=O) groups excluding carboxylic acids is 2. The van der Waals surface area contributed by atoms with Gasteiger partial charge in [0.25, 0.3) is 5.91 Å². The highest BCUT2D eigenvalue weighted by Crippen LogP contribution is 2.31. The Labute approximate surface area is 117 Å². The van der Waals surface area contributed by atoms with Crippen molar-refractivity contribution in [2.75, 3.05) is 6.54 Å². The largest absolute Gasteiger partial charge is 0.451 e. The molecule has 0 aromatic carbocycles. The number of hydrogen-bond acceptors (Lipinski definition) is 4. The van der Waals surface area contributed by atoms with Gasteiger partial charge in [0.2, 0.25) is 0 Å². The van der Waals surface area contributed by atoms with Crippen LogP contribution in [0.4, 0.5) is 0 Å². The molecule has 0 saturated heterocycles. The second kappa shape index (κ2) is 5.48. The Morgan fingerprint density at radius 1 is 1.50 bits per heavy atom. The van der Waals surface area contributed by atoms with E-state index in [4.69, 9.17) is 4.74 Å². The second-order valence-electron chi connectivity index (χ2n) is 5.31. The fourth-order valence-corrected chi connectivity index (χ4v) is 2.05. The average molecular weight is 277 g/mol. The molecule has 0 unspecified atom stereocenters. The van der Waals surface area contributed by atoms with Gasteiger partial charge < -0.3 is 14.6 Å². The van der Waals surface area contributed by atoms with E-state index in [1.165, 1.54) is 0 Å². The number of aryl methyl sites for hydroxylation is 1. The van der Waals surface area contributed by atoms with Crippen LogP contribution < -0.4 is 5.32 Å². The molecule has 1 aliphatic heterocycles. The van der Waals surface area contributed by atoms with Crippen LogP contribution in [0.2, 0.25) is 0 Å². The maximum Gasteiger partial charge on any atom is 0.344 e. The molecule has 1 amide bonds. The Kier molecular flexibility index (Phi) is 3.92. The third kappa shape index (κ3) is 2.89. The summed E-state index contributed by atoms with van der Waals surface area (Å²) in [6, 6.07) is 0. The highest BCUT2D eigenvalue weighted by molar-refractivity contribution is 6.18. The second-order valence-corrected chi connectivity index (χ2v) is 5.31. The molecule has 2 heterocycles. The molecule has 2 rings (SSSR count). The van der Waals surface area contributed by atoms with Gasteiger partial charge in [0.15, 0.2) is 0 Å². The van der Waals surface area contributed by atoms with Crippen LogP contribution in [0.1, 0.15) is 27.2 Å². The fourth-order valence-electron chi connectivity index (χ4n) is 2.05. The molecule has 6 nitrogen and oxygen atoms in total. The molecule has 1 aromatic heterocycles. The predicted molar refractivity (Wildman–Crippen MR) is 72.7 cm³/mol. The maximum absolute atomic E-state index is 12.0. The van der Waals surface area contributed by atoms with E-state index in [-0.39, 0.29) is 11.5 Å². The first kappa shape index (κ1) is 14.3. The normalized spacial score (nSPS) is 17.2. The van der Waals surface area contributed by atoms with E-state index in [9.17, 15) is 9.59 Å². The lowest BCUT2D eigenvalue weighted by Gasteiger charge is -2.17. The molecule has 0 bridgehead atoms. The van der Waals surface area contributed by atoms with Crippen LogP contribution in [0.25, 0.3) is 0 Å². The van der Waals surface area contributed by atoms with Crippen LogP contribution in [0, 0.1) is 0 Å². The van der Waals surface area contributed by atoms with Crippen LogP contribution >= 0.6 is 0 Å². The van der Waals surface area contributed by atoms with Crippen molar-refractivity contribution in [3.8, 4) is 0 Å². The van der Waals surface area contributed by atoms with Crippen molar-refractivity contribution in [3.05, 3.63) is 29.9 Å². The maximum atomic E-state index is 12.0. The van der Waals surface area contributed by atoms with Crippen molar-refractivity contribution >= 4 is 11.9 Å². The molecule has 1 aromatic rings.